The van der Waals surface area contributed by atoms with Crippen molar-refractivity contribution >= 4 is 30.2 Å². The van der Waals surface area contributed by atoms with E-state index in [2.05, 4.69) is 142 Å². The van der Waals surface area contributed by atoms with Gasteiger partial charge in [0, 0.05) is 18.8 Å². The first-order chi connectivity index (χ1) is 25.7. The lowest BCUT2D eigenvalue weighted by molar-refractivity contribution is 0.174. The lowest BCUT2D eigenvalue weighted by Crippen LogP contribution is -2.37. The summed E-state index contributed by atoms with van der Waals surface area (Å²) in [4.78, 5) is 2.75. The predicted octanol–water partition coefficient (Wildman–Crippen LogP) is 16.6. The molecule has 0 fully saturated rings. The zero-order chi connectivity index (χ0) is 42.9. The zero-order valence-electron chi connectivity index (χ0n) is 40.0. The fraction of sp³-hybridized carbons (Fsp3) is 0.667. The second-order valence-electron chi connectivity index (χ2n) is 14.8. The first kappa shape index (κ1) is 59.1. The summed E-state index contributed by atoms with van der Waals surface area (Å²) in [5.41, 5.74) is 8.53. The maximum Gasteiger partial charge on any atom is 0.0226 e. The van der Waals surface area contributed by atoms with Crippen LogP contribution in [-0.4, -0.2) is 42.0 Å². The van der Waals surface area contributed by atoms with E-state index >= 15 is 0 Å². The van der Waals surface area contributed by atoms with Crippen LogP contribution in [0.3, 0.4) is 0 Å². The molecule has 0 spiro atoms. The normalized spacial score (nSPS) is 13.9. The molecule has 1 nitrogen and oxygen atoms in total. The van der Waals surface area contributed by atoms with Gasteiger partial charge in [-0.25, -0.2) is 0 Å². The van der Waals surface area contributed by atoms with E-state index in [-0.39, 0.29) is 15.9 Å². The Bertz CT molecular complexity index is 1200. The van der Waals surface area contributed by atoms with Crippen LogP contribution in [0.1, 0.15) is 173 Å². The molecule has 0 heterocycles. The molecular formula is C51H96NPS. The van der Waals surface area contributed by atoms with E-state index in [1.54, 1.807) is 0 Å². The lowest BCUT2D eigenvalue weighted by Gasteiger charge is -2.38. The molecule has 0 radical (unpaired) electrons. The van der Waals surface area contributed by atoms with Gasteiger partial charge in [0.25, 0.3) is 0 Å². The van der Waals surface area contributed by atoms with Gasteiger partial charge in [-0.3, -0.25) is 0 Å². The van der Waals surface area contributed by atoms with Crippen LogP contribution in [0.4, 0.5) is 0 Å². The van der Waals surface area contributed by atoms with Crippen LogP contribution in [0, 0.1) is 24.2 Å². The number of benzene rings is 1. The molecular weight excluding hydrogens is 690 g/mol. The van der Waals surface area contributed by atoms with Gasteiger partial charge in [-0.15, -0.1) is 0 Å². The highest BCUT2D eigenvalue weighted by molar-refractivity contribution is 8.14. The molecule has 316 valence electrons. The van der Waals surface area contributed by atoms with Crippen molar-refractivity contribution in [3.63, 3.8) is 0 Å². The minimum atomic E-state index is 0.215. The molecule has 0 amide bonds. The third-order valence-electron chi connectivity index (χ3n) is 9.49. The molecule has 1 rings (SSSR count). The van der Waals surface area contributed by atoms with Gasteiger partial charge < -0.3 is 4.90 Å². The summed E-state index contributed by atoms with van der Waals surface area (Å²) in [6, 6.07) is 7.06. The van der Waals surface area contributed by atoms with E-state index in [9.17, 15) is 0 Å². The Balaban J connectivity index is -0.00000146. The Morgan fingerprint density at radius 1 is 0.944 bits per heavy atom. The second-order valence-corrected chi connectivity index (χ2v) is 17.9. The van der Waals surface area contributed by atoms with Crippen molar-refractivity contribution in [1.82, 2.24) is 4.90 Å². The molecule has 0 aliphatic heterocycles. The number of hydrogen-bond acceptors (Lipinski definition) is 1. The highest BCUT2D eigenvalue weighted by atomic mass is 32.2. The molecule has 1 aromatic carbocycles. The average molecular weight is 786 g/mol. The van der Waals surface area contributed by atoms with E-state index in [1.807, 2.05) is 55.4 Å². The van der Waals surface area contributed by atoms with Gasteiger partial charge in [0.05, 0.1) is 0 Å². The molecule has 0 N–H and O–H groups in total. The van der Waals surface area contributed by atoms with E-state index < -0.39 is 0 Å². The van der Waals surface area contributed by atoms with E-state index in [4.69, 9.17) is 0 Å². The molecule has 0 aromatic heterocycles. The van der Waals surface area contributed by atoms with Crippen LogP contribution in [0.2, 0.25) is 0 Å². The summed E-state index contributed by atoms with van der Waals surface area (Å²) in [7, 11) is 1.09. The standard InChI is InChI=1S/C43H72NPS.4C2H6/c1-15-38(28-34(6)23-24-35(7)29-41(16-2)46(13)14)31-44(42(17-3)37(9)21-18-20-33(4)5)32-43(10,11)27-19-22-39-30-40(45-12)26-25-36(39)8;4*1-2/h18,21,23-26,30,35,38,41,45H,4,6,13,15-17,19-20,22,27-29,31-32H2,1-3,5,7-12,14H3;4*1-2H3/b21-18-,24-23+,42-37+;;;;/t35-,38?,41-,46?;;;;/m0..../s1. The Hall–Kier alpha value is -1.63. The number of rotatable bonds is 23. The number of nitrogens with zero attached hydrogens (tertiary/aromatic N) is 1. The van der Waals surface area contributed by atoms with Gasteiger partial charge in [-0.05, 0) is 130 Å². The Kier molecular flexibility index (Phi) is 40.4. The van der Waals surface area contributed by atoms with Gasteiger partial charge in [-0.1, -0.05) is 185 Å². The van der Waals surface area contributed by atoms with Gasteiger partial charge >= 0.3 is 0 Å². The molecule has 1 aromatic rings. The van der Waals surface area contributed by atoms with E-state index in [0.29, 0.717) is 17.1 Å². The predicted molar refractivity (Wildman–Crippen MR) is 265 cm³/mol. The Labute approximate surface area is 346 Å². The molecule has 0 saturated heterocycles. The van der Waals surface area contributed by atoms with Gasteiger partial charge in [0.2, 0.25) is 0 Å². The smallest absolute Gasteiger partial charge is 0.0226 e. The fourth-order valence-electron chi connectivity index (χ4n) is 6.50. The molecule has 3 heteroatoms. The van der Waals surface area contributed by atoms with Crippen LogP contribution >= 0.6 is 19.1 Å². The van der Waals surface area contributed by atoms with E-state index in [1.165, 1.54) is 71.0 Å². The minimum Gasteiger partial charge on any atom is -0.374 e. The quantitative estimate of drug-likeness (QED) is 0.0462. The zero-order valence-corrected chi connectivity index (χ0v) is 41.8. The summed E-state index contributed by atoms with van der Waals surface area (Å²) in [6.45, 7) is 50.1. The topological polar surface area (TPSA) is 3.24 Å². The van der Waals surface area contributed by atoms with Crippen LogP contribution in [0.25, 0.3) is 0 Å². The number of aryl methyl sites for hydroxylation is 2. The van der Waals surface area contributed by atoms with Crippen LogP contribution in [0.5, 0.6) is 0 Å². The maximum atomic E-state index is 4.53. The molecule has 0 saturated carbocycles. The lowest BCUT2D eigenvalue weighted by atomic mass is 9.84. The minimum absolute atomic E-state index is 0.215. The highest BCUT2D eigenvalue weighted by Gasteiger charge is 2.25. The summed E-state index contributed by atoms with van der Waals surface area (Å²) in [6.07, 6.45) is 21.9. The summed E-state index contributed by atoms with van der Waals surface area (Å²) in [5.74, 6) is 5.46. The number of hydrogen-bond donors (Lipinski definition) is 0. The van der Waals surface area contributed by atoms with Gasteiger partial charge in [0.15, 0.2) is 0 Å². The molecule has 5 atom stereocenters. The van der Waals surface area contributed by atoms with Crippen molar-refractivity contribution in [2.75, 3.05) is 26.0 Å². The van der Waals surface area contributed by atoms with Crippen molar-refractivity contribution in [1.29, 1.82) is 0 Å². The van der Waals surface area contributed by atoms with Crippen molar-refractivity contribution < 1.29 is 0 Å². The molecule has 54 heavy (non-hydrogen) atoms. The van der Waals surface area contributed by atoms with E-state index in [0.717, 1.165) is 47.4 Å². The van der Waals surface area contributed by atoms with Crippen LogP contribution in [-0.2, 0) is 6.42 Å². The van der Waals surface area contributed by atoms with Crippen molar-refractivity contribution in [2.45, 2.75) is 181 Å². The van der Waals surface area contributed by atoms with Gasteiger partial charge in [0.1, 0.15) is 0 Å². The largest absolute Gasteiger partial charge is 0.374 e. The molecule has 0 bridgehead atoms. The van der Waals surface area contributed by atoms with Crippen molar-refractivity contribution in [3.8, 4) is 0 Å². The fourth-order valence-corrected chi connectivity index (χ4v) is 8.27. The number of allylic oxidation sites excluding steroid dienone is 8. The van der Waals surface area contributed by atoms with Crippen molar-refractivity contribution in [2.24, 2.45) is 17.3 Å². The molecule has 0 aliphatic carbocycles. The highest BCUT2D eigenvalue weighted by Crippen LogP contribution is 2.31. The first-order valence-electron chi connectivity index (χ1n) is 22.0. The van der Waals surface area contributed by atoms with Crippen LogP contribution in [0.15, 0.2) is 78.1 Å². The summed E-state index contributed by atoms with van der Waals surface area (Å²) >= 11 is 0. The monoisotopic (exact) mass is 786 g/mol. The third-order valence-corrected chi connectivity index (χ3v) is 12.0. The van der Waals surface area contributed by atoms with Crippen LogP contribution < -0.4 is 5.30 Å². The SMILES string of the molecule is C=C(C)C/C=C\C(C)=C(/CC)N(CC(CC)CC(=C)/C=C/[C@H](C)C[C@H](CC)S(=C)C)CC(C)(C)CCCc1cc(PC)ccc1C.CC.CC.CC.CC. The Morgan fingerprint density at radius 3 is 2.02 bits per heavy atom. The summed E-state index contributed by atoms with van der Waals surface area (Å²) in [5, 5.41) is 2.19. The van der Waals surface area contributed by atoms with Gasteiger partial charge in [-0.2, -0.15) is 10.5 Å². The molecule has 3 unspecified atom stereocenters. The third kappa shape index (κ3) is 27.9. The maximum absolute atomic E-state index is 4.53. The van der Waals surface area contributed by atoms with Crippen molar-refractivity contribution in [3.05, 3.63) is 89.2 Å². The first-order valence-corrected chi connectivity index (χ1v) is 25.4. The molecule has 0 aliphatic rings. The average Bonchev–Trinajstić information content (AvgIpc) is 3.16. The Morgan fingerprint density at radius 2 is 1.54 bits per heavy atom. The second kappa shape index (κ2) is 37.0. The summed E-state index contributed by atoms with van der Waals surface area (Å²) < 4.78 is 0.